The second-order valence-corrected chi connectivity index (χ2v) is 12.4. The van der Waals surface area contributed by atoms with Crippen LogP contribution >= 0.6 is 0 Å². The average Bonchev–Trinajstić information content (AvgIpc) is 3.06. The Labute approximate surface area is 186 Å². The highest BCUT2D eigenvalue weighted by molar-refractivity contribution is 5.25. The van der Waals surface area contributed by atoms with Crippen molar-refractivity contribution in [2.24, 2.45) is 46.3 Å². The molecule has 3 saturated carbocycles. The van der Waals surface area contributed by atoms with Gasteiger partial charge in [-0.1, -0.05) is 57.9 Å². The molecule has 1 N–H and O–H groups in total. The number of allylic oxidation sites excluding steroid dienone is 3. The third-order valence-electron chi connectivity index (χ3n) is 10.8. The number of aliphatic hydroxyl groups is 1. The third-order valence-corrected chi connectivity index (χ3v) is 10.8. The molecule has 4 aliphatic rings. The van der Waals surface area contributed by atoms with Gasteiger partial charge in [0.15, 0.2) is 0 Å². The number of hydrogen-bond acceptors (Lipinski definition) is 1. The van der Waals surface area contributed by atoms with Crippen LogP contribution in [0.4, 0.5) is 0 Å². The zero-order valence-electron chi connectivity index (χ0n) is 20.7. The number of rotatable bonds is 5. The fraction of sp³-hybridized carbons (Fsp3) is 0.862. The minimum Gasteiger partial charge on any atom is -0.393 e. The molecule has 0 spiro atoms. The molecule has 0 heterocycles. The number of fused-ring (bicyclic) bond motifs is 5. The van der Waals surface area contributed by atoms with E-state index < -0.39 is 0 Å². The van der Waals surface area contributed by atoms with E-state index in [1.54, 1.807) is 11.1 Å². The maximum atomic E-state index is 10.2. The van der Waals surface area contributed by atoms with Gasteiger partial charge in [-0.05, 0) is 117 Å². The van der Waals surface area contributed by atoms with Gasteiger partial charge in [0.2, 0.25) is 0 Å². The highest BCUT2D eigenvalue weighted by Gasteiger charge is 2.59. The van der Waals surface area contributed by atoms with Crippen molar-refractivity contribution < 1.29 is 5.11 Å². The minimum absolute atomic E-state index is 0.0839. The van der Waals surface area contributed by atoms with Crippen molar-refractivity contribution in [2.45, 2.75) is 112 Å². The lowest BCUT2D eigenvalue weighted by molar-refractivity contribution is -0.0571. The molecule has 1 nitrogen and oxygen atoms in total. The van der Waals surface area contributed by atoms with E-state index in [9.17, 15) is 5.11 Å². The summed E-state index contributed by atoms with van der Waals surface area (Å²) in [5, 5.41) is 10.2. The minimum atomic E-state index is -0.0839. The van der Waals surface area contributed by atoms with Crippen molar-refractivity contribution in [3.8, 4) is 0 Å². The summed E-state index contributed by atoms with van der Waals surface area (Å²) in [7, 11) is 0. The molecular weight excluding hydrogens is 364 g/mol. The van der Waals surface area contributed by atoms with Crippen LogP contribution in [0.15, 0.2) is 23.3 Å². The van der Waals surface area contributed by atoms with E-state index in [2.05, 4.69) is 53.7 Å². The molecule has 3 fully saturated rings. The van der Waals surface area contributed by atoms with Crippen molar-refractivity contribution >= 4 is 0 Å². The van der Waals surface area contributed by atoms with Gasteiger partial charge in [0, 0.05) is 0 Å². The second kappa shape index (κ2) is 8.42. The molecule has 1 heteroatoms. The molecule has 30 heavy (non-hydrogen) atoms. The summed E-state index contributed by atoms with van der Waals surface area (Å²) in [5.74, 6) is 5.15. The first kappa shape index (κ1) is 22.6. The molecule has 0 amide bonds. The van der Waals surface area contributed by atoms with Gasteiger partial charge in [0.25, 0.3) is 0 Å². The van der Waals surface area contributed by atoms with E-state index >= 15 is 0 Å². The Morgan fingerprint density at radius 1 is 1.10 bits per heavy atom. The van der Waals surface area contributed by atoms with Gasteiger partial charge in [-0.2, -0.15) is 0 Å². The Bertz CT molecular complexity index is 686. The quantitative estimate of drug-likeness (QED) is 0.454. The van der Waals surface area contributed by atoms with Crippen LogP contribution in [-0.4, -0.2) is 11.2 Å². The Morgan fingerprint density at radius 2 is 1.87 bits per heavy atom. The first-order valence-corrected chi connectivity index (χ1v) is 13.2. The van der Waals surface area contributed by atoms with Crippen molar-refractivity contribution in [1.29, 1.82) is 0 Å². The predicted molar refractivity (Wildman–Crippen MR) is 128 cm³/mol. The van der Waals surface area contributed by atoms with Gasteiger partial charge in [0.1, 0.15) is 0 Å². The molecule has 170 valence electrons. The van der Waals surface area contributed by atoms with Crippen LogP contribution in [0, 0.1) is 46.3 Å². The molecule has 0 unspecified atom stereocenters. The standard InChI is InChI=1S/C29H48O/c1-7-21(19(2)3)9-8-20(4)25-12-13-26-24-11-10-22-18-23(30)14-16-28(22,5)27(24)15-17-29(25,26)6/h7,10,19-20,23-27,30H,8-9,11-18H2,1-6H3/b21-7+/t20-,23+,24-,25+,26-,27-,28+,29+/m1/s1. The van der Waals surface area contributed by atoms with Crippen molar-refractivity contribution in [3.63, 3.8) is 0 Å². The number of hydrogen-bond donors (Lipinski definition) is 1. The average molecular weight is 413 g/mol. The van der Waals surface area contributed by atoms with E-state index in [0.29, 0.717) is 16.7 Å². The van der Waals surface area contributed by atoms with Crippen LogP contribution in [0.3, 0.4) is 0 Å². The molecule has 0 aromatic carbocycles. The first-order valence-electron chi connectivity index (χ1n) is 13.2. The first-order chi connectivity index (χ1) is 14.2. The molecule has 0 aromatic heterocycles. The maximum absolute atomic E-state index is 10.2. The molecule has 0 aliphatic heterocycles. The van der Waals surface area contributed by atoms with E-state index in [1.165, 1.54) is 51.4 Å². The van der Waals surface area contributed by atoms with E-state index in [1.807, 2.05) is 0 Å². The van der Waals surface area contributed by atoms with Crippen molar-refractivity contribution in [3.05, 3.63) is 23.3 Å². The largest absolute Gasteiger partial charge is 0.393 e. The summed E-state index contributed by atoms with van der Waals surface area (Å²) >= 11 is 0. The summed E-state index contributed by atoms with van der Waals surface area (Å²) in [5.41, 5.74) is 4.21. The summed E-state index contributed by atoms with van der Waals surface area (Å²) < 4.78 is 0. The molecule has 4 aliphatic carbocycles. The van der Waals surface area contributed by atoms with Crippen molar-refractivity contribution in [1.82, 2.24) is 0 Å². The molecule has 4 rings (SSSR count). The van der Waals surface area contributed by atoms with Gasteiger partial charge < -0.3 is 5.11 Å². The van der Waals surface area contributed by atoms with E-state index in [4.69, 9.17) is 0 Å². The Hall–Kier alpha value is -0.560. The van der Waals surface area contributed by atoms with Gasteiger partial charge in [-0.15, -0.1) is 0 Å². The molecular formula is C29H48O. The smallest absolute Gasteiger partial charge is 0.0577 e. The second-order valence-electron chi connectivity index (χ2n) is 12.4. The van der Waals surface area contributed by atoms with E-state index in [0.717, 1.165) is 42.4 Å². The summed E-state index contributed by atoms with van der Waals surface area (Å²) in [6.45, 7) is 14.7. The zero-order chi connectivity index (χ0) is 21.7. The normalized spacial score (nSPS) is 44.9. The molecule has 0 aromatic rings. The van der Waals surface area contributed by atoms with Crippen molar-refractivity contribution in [2.75, 3.05) is 0 Å². The molecule has 0 saturated heterocycles. The summed E-state index contributed by atoms with van der Waals surface area (Å²) in [4.78, 5) is 0. The van der Waals surface area contributed by atoms with Crippen LogP contribution in [0.2, 0.25) is 0 Å². The Kier molecular flexibility index (Phi) is 6.35. The molecule has 0 radical (unpaired) electrons. The lowest BCUT2D eigenvalue weighted by atomic mass is 9.47. The van der Waals surface area contributed by atoms with Gasteiger partial charge in [0.05, 0.1) is 6.10 Å². The Morgan fingerprint density at radius 3 is 2.57 bits per heavy atom. The molecule has 0 bridgehead atoms. The fourth-order valence-corrected chi connectivity index (χ4v) is 8.98. The van der Waals surface area contributed by atoms with Gasteiger partial charge >= 0.3 is 0 Å². The fourth-order valence-electron chi connectivity index (χ4n) is 8.98. The Balaban J connectivity index is 1.49. The van der Waals surface area contributed by atoms with E-state index in [-0.39, 0.29) is 6.10 Å². The van der Waals surface area contributed by atoms with Crippen LogP contribution < -0.4 is 0 Å². The lowest BCUT2D eigenvalue weighted by Crippen LogP contribution is -2.50. The topological polar surface area (TPSA) is 20.2 Å². The highest BCUT2D eigenvalue weighted by atomic mass is 16.3. The van der Waals surface area contributed by atoms with Crippen LogP contribution in [0.5, 0.6) is 0 Å². The predicted octanol–water partition coefficient (Wildman–Crippen LogP) is 7.94. The van der Waals surface area contributed by atoms with Gasteiger partial charge in [-0.25, -0.2) is 0 Å². The van der Waals surface area contributed by atoms with Gasteiger partial charge in [-0.3, -0.25) is 0 Å². The monoisotopic (exact) mass is 412 g/mol. The lowest BCUT2D eigenvalue weighted by Gasteiger charge is -2.58. The highest BCUT2D eigenvalue weighted by Crippen LogP contribution is 2.67. The van der Waals surface area contributed by atoms with Crippen LogP contribution in [0.25, 0.3) is 0 Å². The third kappa shape index (κ3) is 3.66. The summed E-state index contributed by atoms with van der Waals surface area (Å²) in [6, 6.07) is 0. The van der Waals surface area contributed by atoms with Crippen LogP contribution in [0.1, 0.15) is 106 Å². The SMILES string of the molecule is C/C=C(\CC[C@@H](C)[C@@H]1CC[C@@H]2[C@H]3CC=C4C[C@@H](O)CC[C@]4(C)[C@@H]3CC[C@]21C)C(C)C. The number of aliphatic hydroxyl groups excluding tert-OH is 1. The van der Waals surface area contributed by atoms with Crippen LogP contribution in [-0.2, 0) is 0 Å². The maximum Gasteiger partial charge on any atom is 0.0577 e. The zero-order valence-corrected chi connectivity index (χ0v) is 20.7. The molecule has 8 atom stereocenters. The summed E-state index contributed by atoms with van der Waals surface area (Å²) in [6.07, 6.45) is 17.8.